The van der Waals surface area contributed by atoms with E-state index in [9.17, 15) is 9.59 Å². The fraction of sp³-hybridized carbons (Fsp3) is 0.300. The number of anilines is 2. The quantitative estimate of drug-likeness (QED) is 0.837. The van der Waals surface area contributed by atoms with Gasteiger partial charge in [0.2, 0.25) is 5.91 Å². The van der Waals surface area contributed by atoms with Crippen LogP contribution in [-0.4, -0.2) is 36.3 Å². The fourth-order valence-corrected chi connectivity index (χ4v) is 3.11. The van der Waals surface area contributed by atoms with Gasteiger partial charge in [-0.25, -0.2) is 0 Å². The summed E-state index contributed by atoms with van der Waals surface area (Å²) in [5.74, 6) is -0.0872. The second kappa shape index (κ2) is 8.23. The van der Waals surface area contributed by atoms with Gasteiger partial charge in [0.05, 0.1) is 6.54 Å². The van der Waals surface area contributed by atoms with E-state index in [-0.39, 0.29) is 18.4 Å². The van der Waals surface area contributed by atoms with Crippen molar-refractivity contribution in [3.63, 3.8) is 0 Å². The highest BCUT2D eigenvalue weighted by molar-refractivity contribution is 6.31. The molecule has 2 amide bonds. The smallest absolute Gasteiger partial charge is 0.253 e. The van der Waals surface area contributed by atoms with Crippen molar-refractivity contribution in [3.05, 3.63) is 58.6 Å². The van der Waals surface area contributed by atoms with Crippen LogP contribution in [-0.2, 0) is 4.79 Å². The molecule has 0 atom stereocenters. The van der Waals surface area contributed by atoms with Crippen molar-refractivity contribution < 1.29 is 9.59 Å². The Balaban J connectivity index is 1.53. The van der Waals surface area contributed by atoms with Crippen LogP contribution in [0.2, 0.25) is 5.02 Å². The summed E-state index contributed by atoms with van der Waals surface area (Å²) < 4.78 is 0. The number of aryl methyl sites for hydroxylation is 1. The minimum absolute atomic E-state index is 0.0724. The molecule has 1 heterocycles. The first-order chi connectivity index (χ1) is 12.5. The fourth-order valence-electron chi connectivity index (χ4n) is 2.94. The minimum Gasteiger partial charge on any atom is -0.376 e. The Morgan fingerprint density at radius 1 is 1.08 bits per heavy atom. The number of hydrogen-bond donors (Lipinski definition) is 2. The third kappa shape index (κ3) is 4.55. The Morgan fingerprint density at radius 3 is 2.46 bits per heavy atom. The minimum atomic E-state index is -0.160. The van der Waals surface area contributed by atoms with E-state index in [4.69, 9.17) is 11.6 Å². The molecule has 3 rings (SSSR count). The first-order valence-electron chi connectivity index (χ1n) is 8.72. The number of nitrogens with zero attached hydrogens (tertiary/aromatic N) is 1. The first-order valence-corrected chi connectivity index (χ1v) is 9.10. The molecule has 0 unspecified atom stereocenters. The van der Waals surface area contributed by atoms with Gasteiger partial charge in [-0.3, -0.25) is 9.59 Å². The maximum Gasteiger partial charge on any atom is 0.253 e. The van der Waals surface area contributed by atoms with Crippen molar-refractivity contribution in [2.45, 2.75) is 19.8 Å². The van der Waals surface area contributed by atoms with E-state index < -0.39 is 0 Å². The standard InChI is InChI=1S/C20H22ClN3O2/c1-14-4-7-16(21)12-18(14)23-19(25)13-22-17-8-5-15(6-9-17)20(26)24-10-2-3-11-24/h4-9,12,22H,2-3,10-11,13H2,1H3,(H,23,25). The van der Waals surface area contributed by atoms with Crippen molar-refractivity contribution in [1.29, 1.82) is 0 Å². The van der Waals surface area contributed by atoms with Gasteiger partial charge in [-0.05, 0) is 61.7 Å². The van der Waals surface area contributed by atoms with Crippen molar-refractivity contribution in [2.24, 2.45) is 0 Å². The second-order valence-electron chi connectivity index (χ2n) is 6.44. The Bertz CT molecular complexity index is 799. The van der Waals surface area contributed by atoms with Crippen molar-refractivity contribution >= 4 is 34.8 Å². The third-order valence-electron chi connectivity index (χ3n) is 4.45. The normalized spacial score (nSPS) is 13.5. The average Bonchev–Trinajstić information content (AvgIpc) is 3.17. The number of nitrogens with one attached hydrogen (secondary N) is 2. The van der Waals surface area contributed by atoms with Crippen molar-refractivity contribution in [1.82, 2.24) is 4.90 Å². The molecule has 2 aromatic carbocycles. The van der Waals surface area contributed by atoms with Gasteiger partial charge in [0.15, 0.2) is 0 Å². The molecule has 1 aliphatic rings. The third-order valence-corrected chi connectivity index (χ3v) is 4.69. The van der Waals surface area contributed by atoms with E-state index in [1.54, 1.807) is 24.3 Å². The lowest BCUT2D eigenvalue weighted by Gasteiger charge is -2.15. The van der Waals surface area contributed by atoms with Crippen LogP contribution in [0.3, 0.4) is 0 Å². The number of benzene rings is 2. The summed E-state index contributed by atoms with van der Waals surface area (Å²) in [7, 11) is 0. The van der Waals surface area contributed by atoms with Gasteiger partial charge < -0.3 is 15.5 Å². The van der Waals surface area contributed by atoms with Crippen LogP contribution < -0.4 is 10.6 Å². The number of carbonyl (C=O) groups is 2. The molecule has 0 bridgehead atoms. The molecule has 0 aliphatic carbocycles. The largest absolute Gasteiger partial charge is 0.376 e. The highest BCUT2D eigenvalue weighted by atomic mass is 35.5. The molecule has 0 aromatic heterocycles. The van der Waals surface area contributed by atoms with E-state index in [0.717, 1.165) is 37.2 Å². The zero-order valence-corrected chi connectivity index (χ0v) is 15.5. The van der Waals surface area contributed by atoms with E-state index in [1.165, 1.54) is 0 Å². The summed E-state index contributed by atoms with van der Waals surface area (Å²) >= 11 is 5.96. The van der Waals surface area contributed by atoms with Gasteiger partial charge in [-0.2, -0.15) is 0 Å². The van der Waals surface area contributed by atoms with E-state index in [2.05, 4.69) is 10.6 Å². The first kappa shape index (κ1) is 18.3. The molecule has 26 heavy (non-hydrogen) atoms. The Kier molecular flexibility index (Phi) is 5.78. The molecule has 0 saturated carbocycles. The van der Waals surface area contributed by atoms with Gasteiger partial charge in [-0.15, -0.1) is 0 Å². The molecule has 1 fully saturated rings. The van der Waals surface area contributed by atoms with Gasteiger partial charge in [0.1, 0.15) is 0 Å². The Morgan fingerprint density at radius 2 is 1.77 bits per heavy atom. The molecule has 2 aromatic rings. The van der Waals surface area contributed by atoms with Gasteiger partial charge in [0.25, 0.3) is 5.91 Å². The van der Waals surface area contributed by atoms with Gasteiger partial charge in [-0.1, -0.05) is 17.7 Å². The molecule has 0 radical (unpaired) electrons. The number of carbonyl (C=O) groups excluding carboxylic acids is 2. The molecule has 1 saturated heterocycles. The van der Waals surface area contributed by atoms with Crippen LogP contribution in [0.15, 0.2) is 42.5 Å². The maximum atomic E-state index is 12.3. The number of likely N-dealkylation sites (tertiary alicyclic amines) is 1. The zero-order chi connectivity index (χ0) is 18.5. The lowest BCUT2D eigenvalue weighted by molar-refractivity contribution is -0.114. The molecule has 6 heteroatoms. The van der Waals surface area contributed by atoms with Gasteiger partial charge >= 0.3 is 0 Å². The SMILES string of the molecule is Cc1ccc(Cl)cc1NC(=O)CNc1ccc(C(=O)N2CCCC2)cc1. The molecule has 136 valence electrons. The summed E-state index contributed by atoms with van der Waals surface area (Å²) in [6, 6.07) is 12.6. The predicted molar refractivity (Wildman–Crippen MR) is 105 cm³/mol. The zero-order valence-electron chi connectivity index (χ0n) is 14.7. The van der Waals surface area contributed by atoms with Crippen LogP contribution in [0.1, 0.15) is 28.8 Å². The summed E-state index contributed by atoms with van der Waals surface area (Å²) in [6.07, 6.45) is 2.15. The summed E-state index contributed by atoms with van der Waals surface area (Å²) in [5.41, 5.74) is 3.13. The monoisotopic (exact) mass is 371 g/mol. The highest BCUT2D eigenvalue weighted by Crippen LogP contribution is 2.20. The van der Waals surface area contributed by atoms with Crippen molar-refractivity contribution in [3.8, 4) is 0 Å². The second-order valence-corrected chi connectivity index (χ2v) is 6.87. The molecule has 2 N–H and O–H groups in total. The lowest BCUT2D eigenvalue weighted by atomic mass is 10.2. The van der Waals surface area contributed by atoms with Crippen LogP contribution in [0.25, 0.3) is 0 Å². The van der Waals surface area contributed by atoms with Crippen LogP contribution >= 0.6 is 11.6 Å². The summed E-state index contributed by atoms with van der Waals surface area (Å²) in [4.78, 5) is 26.3. The molecular formula is C20H22ClN3O2. The number of hydrogen-bond acceptors (Lipinski definition) is 3. The Labute approximate surface area is 158 Å². The average molecular weight is 372 g/mol. The van der Waals surface area contributed by atoms with Gasteiger partial charge in [0, 0.05) is 35.1 Å². The van der Waals surface area contributed by atoms with Crippen LogP contribution in [0, 0.1) is 6.92 Å². The maximum absolute atomic E-state index is 12.3. The predicted octanol–water partition coefficient (Wildman–Crippen LogP) is 3.94. The number of halogens is 1. The Hall–Kier alpha value is -2.53. The number of amides is 2. The summed E-state index contributed by atoms with van der Waals surface area (Å²) in [5, 5.41) is 6.49. The topological polar surface area (TPSA) is 61.4 Å². The van der Waals surface area contributed by atoms with E-state index in [0.29, 0.717) is 16.3 Å². The van der Waals surface area contributed by atoms with E-state index >= 15 is 0 Å². The molecule has 5 nitrogen and oxygen atoms in total. The summed E-state index contributed by atoms with van der Waals surface area (Å²) in [6.45, 7) is 3.71. The van der Waals surface area contributed by atoms with Crippen LogP contribution in [0.4, 0.5) is 11.4 Å². The molecular weight excluding hydrogens is 350 g/mol. The van der Waals surface area contributed by atoms with Crippen LogP contribution in [0.5, 0.6) is 0 Å². The highest BCUT2D eigenvalue weighted by Gasteiger charge is 2.19. The van der Waals surface area contributed by atoms with Crippen molar-refractivity contribution in [2.75, 3.05) is 30.3 Å². The molecule has 1 aliphatic heterocycles. The molecule has 0 spiro atoms. The lowest BCUT2D eigenvalue weighted by Crippen LogP contribution is -2.27. The number of rotatable bonds is 5. The van der Waals surface area contributed by atoms with E-state index in [1.807, 2.05) is 30.0 Å².